The minimum atomic E-state index is 1.09. The SMILES string of the molecule is [Zr]=[C](CC1CCCC1)CC1CCCC1. The van der Waals surface area contributed by atoms with Crippen LogP contribution in [0.2, 0.25) is 0 Å². The quantitative estimate of drug-likeness (QED) is 0.727. The summed E-state index contributed by atoms with van der Waals surface area (Å²) in [6.07, 6.45) is 15.2. The molecule has 2 aliphatic rings. The topological polar surface area (TPSA) is 0 Å². The first-order valence-electron chi connectivity index (χ1n) is 6.41. The molecule has 0 nitrogen and oxygen atoms in total. The van der Waals surface area contributed by atoms with Crippen molar-refractivity contribution in [2.45, 2.75) is 64.2 Å². The monoisotopic (exact) mass is 268 g/mol. The maximum absolute atomic E-state index is 1.90. The van der Waals surface area contributed by atoms with Gasteiger partial charge in [0.25, 0.3) is 0 Å². The molecule has 0 aromatic rings. The van der Waals surface area contributed by atoms with Crippen LogP contribution in [0, 0.1) is 11.8 Å². The van der Waals surface area contributed by atoms with Crippen LogP contribution >= 0.6 is 0 Å². The fraction of sp³-hybridized carbons (Fsp3) is 0.923. The van der Waals surface area contributed by atoms with Gasteiger partial charge in [-0.05, 0) is 0 Å². The first-order chi connectivity index (χ1) is 6.84. The third-order valence-electron chi connectivity index (χ3n) is 4.02. The molecule has 0 aromatic heterocycles. The molecule has 0 aromatic carbocycles. The average Bonchev–Trinajstić information content (AvgIpc) is 2.76. The van der Waals surface area contributed by atoms with Crippen molar-refractivity contribution >= 4 is 3.21 Å². The van der Waals surface area contributed by atoms with E-state index in [1.54, 1.807) is 24.2 Å². The summed E-state index contributed by atoms with van der Waals surface area (Å²) in [6, 6.07) is 0. The number of rotatable bonds is 4. The predicted octanol–water partition coefficient (Wildman–Crippen LogP) is 3.87. The summed E-state index contributed by atoms with van der Waals surface area (Å²) in [7, 11) is 0. The van der Waals surface area contributed by atoms with E-state index in [0.717, 1.165) is 11.8 Å². The molecule has 0 heterocycles. The van der Waals surface area contributed by atoms with Gasteiger partial charge in [-0.1, -0.05) is 0 Å². The van der Waals surface area contributed by atoms with Crippen molar-refractivity contribution in [1.82, 2.24) is 0 Å². The van der Waals surface area contributed by atoms with Crippen LogP contribution in [-0.4, -0.2) is 3.21 Å². The zero-order valence-electron chi connectivity index (χ0n) is 9.23. The van der Waals surface area contributed by atoms with E-state index in [-0.39, 0.29) is 0 Å². The third-order valence-corrected chi connectivity index (χ3v) is 5.02. The Balaban J connectivity index is 1.66. The number of hydrogen-bond acceptors (Lipinski definition) is 0. The second kappa shape index (κ2) is 5.73. The molecule has 2 rings (SSSR count). The van der Waals surface area contributed by atoms with Gasteiger partial charge in [0.1, 0.15) is 0 Å². The summed E-state index contributed by atoms with van der Waals surface area (Å²) in [4.78, 5) is 0. The molecule has 2 aliphatic carbocycles. The van der Waals surface area contributed by atoms with Gasteiger partial charge in [0.05, 0.1) is 0 Å². The second-order valence-electron chi connectivity index (χ2n) is 5.31. The van der Waals surface area contributed by atoms with Crippen LogP contribution in [0.25, 0.3) is 0 Å². The van der Waals surface area contributed by atoms with Crippen molar-refractivity contribution < 1.29 is 24.2 Å². The molecular formula is C13H22Zr. The van der Waals surface area contributed by atoms with E-state index in [4.69, 9.17) is 0 Å². The van der Waals surface area contributed by atoms with Gasteiger partial charge in [-0.25, -0.2) is 0 Å². The Morgan fingerprint density at radius 3 is 1.50 bits per heavy atom. The van der Waals surface area contributed by atoms with Gasteiger partial charge in [-0.15, -0.1) is 0 Å². The van der Waals surface area contributed by atoms with E-state index in [0.29, 0.717) is 0 Å². The van der Waals surface area contributed by atoms with E-state index in [2.05, 4.69) is 0 Å². The Morgan fingerprint density at radius 2 is 1.14 bits per heavy atom. The minimum absolute atomic E-state index is 1.09. The Kier molecular flexibility index (Phi) is 4.60. The van der Waals surface area contributed by atoms with Crippen molar-refractivity contribution in [3.63, 3.8) is 0 Å². The molecule has 0 spiro atoms. The zero-order valence-corrected chi connectivity index (χ0v) is 11.7. The first kappa shape index (κ1) is 11.2. The standard InChI is InChI=1S/C13H22.Zr/c1-2-7-12(6-1)10-5-11-13-8-3-4-9-13;/h12-13H,1-4,6-11H2;. The molecule has 2 fully saturated rings. The van der Waals surface area contributed by atoms with Crippen LogP contribution in [0.5, 0.6) is 0 Å². The normalized spacial score (nSPS) is 24.5. The summed E-state index contributed by atoms with van der Waals surface area (Å²) in [6.45, 7) is 0. The van der Waals surface area contributed by atoms with Crippen LogP contribution in [0.4, 0.5) is 0 Å². The predicted molar refractivity (Wildman–Crippen MR) is 58.2 cm³/mol. The van der Waals surface area contributed by atoms with E-state index < -0.39 is 0 Å². The summed E-state index contributed by atoms with van der Waals surface area (Å²) in [5.74, 6) is 2.18. The molecule has 0 saturated heterocycles. The van der Waals surface area contributed by atoms with Gasteiger partial charge < -0.3 is 0 Å². The van der Waals surface area contributed by atoms with Crippen molar-refractivity contribution in [1.29, 1.82) is 0 Å². The van der Waals surface area contributed by atoms with Crippen LogP contribution < -0.4 is 0 Å². The maximum atomic E-state index is 1.90. The van der Waals surface area contributed by atoms with Crippen molar-refractivity contribution in [3.05, 3.63) is 0 Å². The van der Waals surface area contributed by atoms with Crippen LogP contribution in [0.3, 0.4) is 0 Å². The molecule has 14 heavy (non-hydrogen) atoms. The Labute approximate surface area is 103 Å². The van der Waals surface area contributed by atoms with E-state index in [1.807, 2.05) is 3.21 Å². The molecular weight excluding hydrogens is 247 g/mol. The number of hydrogen-bond donors (Lipinski definition) is 0. The Morgan fingerprint density at radius 1 is 0.786 bits per heavy atom. The van der Waals surface area contributed by atoms with Crippen molar-refractivity contribution in [3.8, 4) is 0 Å². The molecule has 1 heteroatoms. The fourth-order valence-corrected chi connectivity index (χ4v) is 4.63. The van der Waals surface area contributed by atoms with Gasteiger partial charge in [0.15, 0.2) is 0 Å². The van der Waals surface area contributed by atoms with Gasteiger partial charge in [-0.3, -0.25) is 0 Å². The average molecular weight is 270 g/mol. The summed E-state index contributed by atoms with van der Waals surface area (Å²) in [5, 5.41) is 0. The van der Waals surface area contributed by atoms with Crippen molar-refractivity contribution in [2.24, 2.45) is 11.8 Å². The molecule has 78 valence electrons. The van der Waals surface area contributed by atoms with E-state index in [1.165, 1.54) is 64.2 Å². The third kappa shape index (κ3) is 3.40. The van der Waals surface area contributed by atoms with Gasteiger partial charge in [0, 0.05) is 0 Å². The van der Waals surface area contributed by atoms with Crippen molar-refractivity contribution in [2.75, 3.05) is 0 Å². The van der Waals surface area contributed by atoms with Gasteiger partial charge >= 0.3 is 103 Å². The molecule has 0 radical (unpaired) electrons. The molecule has 0 unspecified atom stereocenters. The molecule has 0 atom stereocenters. The molecule has 0 aliphatic heterocycles. The van der Waals surface area contributed by atoms with Gasteiger partial charge in [-0.2, -0.15) is 0 Å². The Bertz CT molecular complexity index is 165. The zero-order chi connectivity index (χ0) is 9.80. The summed E-state index contributed by atoms with van der Waals surface area (Å²) < 4.78 is 1.90. The van der Waals surface area contributed by atoms with Crippen LogP contribution in [0.15, 0.2) is 0 Å². The second-order valence-corrected chi connectivity index (χ2v) is 7.05. The molecule has 2 saturated carbocycles. The van der Waals surface area contributed by atoms with Crippen LogP contribution in [-0.2, 0) is 24.2 Å². The molecule has 0 amide bonds. The first-order valence-corrected chi connectivity index (χ1v) is 7.64. The molecule has 0 bridgehead atoms. The summed E-state index contributed by atoms with van der Waals surface area (Å²) >= 11 is 1.74. The van der Waals surface area contributed by atoms with Gasteiger partial charge in [0.2, 0.25) is 0 Å². The summed E-state index contributed by atoms with van der Waals surface area (Å²) in [5.41, 5.74) is 0. The Hall–Kier alpha value is 0.753. The van der Waals surface area contributed by atoms with E-state index >= 15 is 0 Å². The molecule has 0 N–H and O–H groups in total. The fourth-order valence-electron chi connectivity index (χ4n) is 3.21. The van der Waals surface area contributed by atoms with Crippen LogP contribution in [0.1, 0.15) is 64.2 Å². The van der Waals surface area contributed by atoms with E-state index in [9.17, 15) is 0 Å².